The SMILES string of the molecule is Cc1cc2sc(C)[n+](C)c2cc1C. The van der Waals surface area contributed by atoms with Crippen molar-refractivity contribution in [3.63, 3.8) is 0 Å². The topological polar surface area (TPSA) is 3.88 Å². The molecular weight excluding hydrogens is 178 g/mol. The smallest absolute Gasteiger partial charge is 0.189 e. The molecule has 13 heavy (non-hydrogen) atoms. The van der Waals surface area contributed by atoms with Crippen LogP contribution < -0.4 is 4.57 Å². The van der Waals surface area contributed by atoms with Crippen LogP contribution in [0.3, 0.4) is 0 Å². The Morgan fingerprint density at radius 2 is 1.69 bits per heavy atom. The zero-order valence-electron chi connectivity index (χ0n) is 8.51. The average molecular weight is 192 g/mol. The molecular formula is C11H14NS+. The molecule has 2 rings (SSSR count). The van der Waals surface area contributed by atoms with E-state index in [1.807, 2.05) is 11.3 Å². The van der Waals surface area contributed by atoms with Crippen molar-refractivity contribution < 1.29 is 4.57 Å². The van der Waals surface area contributed by atoms with Gasteiger partial charge in [-0.3, -0.25) is 0 Å². The summed E-state index contributed by atoms with van der Waals surface area (Å²) in [5, 5.41) is 1.36. The monoisotopic (exact) mass is 192 g/mol. The standard InChI is InChI=1S/C11H14NS/c1-7-5-10-11(6-8(7)2)13-9(3)12(10)4/h5-6H,1-4H3/q+1. The summed E-state index contributed by atoms with van der Waals surface area (Å²) >= 11 is 1.86. The van der Waals surface area contributed by atoms with Crippen LogP contribution in [0, 0.1) is 20.8 Å². The molecule has 1 aromatic carbocycles. The fourth-order valence-corrected chi connectivity index (χ4v) is 2.61. The van der Waals surface area contributed by atoms with E-state index in [4.69, 9.17) is 0 Å². The molecule has 68 valence electrons. The second-order valence-corrected chi connectivity index (χ2v) is 4.82. The van der Waals surface area contributed by atoms with Crippen LogP contribution in [-0.4, -0.2) is 0 Å². The fourth-order valence-electron chi connectivity index (χ4n) is 1.52. The maximum absolute atomic E-state index is 2.28. The highest BCUT2D eigenvalue weighted by atomic mass is 32.1. The Morgan fingerprint density at radius 1 is 1.08 bits per heavy atom. The molecule has 0 unspecified atom stereocenters. The van der Waals surface area contributed by atoms with Gasteiger partial charge in [0.1, 0.15) is 11.7 Å². The molecule has 0 spiro atoms. The number of nitrogens with zero attached hydrogens (tertiary/aromatic N) is 1. The molecule has 0 radical (unpaired) electrons. The van der Waals surface area contributed by atoms with Crippen molar-refractivity contribution in [3.05, 3.63) is 28.3 Å². The normalized spacial score (nSPS) is 11.1. The first-order chi connectivity index (χ1) is 6.09. The fraction of sp³-hybridized carbons (Fsp3) is 0.364. The molecule has 1 heterocycles. The summed E-state index contributed by atoms with van der Waals surface area (Å²) in [5.74, 6) is 0. The lowest BCUT2D eigenvalue weighted by Gasteiger charge is -1.96. The molecule has 2 heteroatoms. The van der Waals surface area contributed by atoms with Crippen molar-refractivity contribution in [3.8, 4) is 0 Å². The van der Waals surface area contributed by atoms with Crippen molar-refractivity contribution in [1.82, 2.24) is 0 Å². The van der Waals surface area contributed by atoms with Crippen molar-refractivity contribution in [2.45, 2.75) is 20.8 Å². The van der Waals surface area contributed by atoms with Crippen LogP contribution in [-0.2, 0) is 7.05 Å². The van der Waals surface area contributed by atoms with Crippen molar-refractivity contribution >= 4 is 21.6 Å². The number of aryl methyl sites for hydroxylation is 4. The summed E-state index contributed by atoms with van der Waals surface area (Å²) in [6, 6.07) is 4.55. The number of hydrogen-bond donors (Lipinski definition) is 0. The summed E-state index contributed by atoms with van der Waals surface area (Å²) in [7, 11) is 2.13. The van der Waals surface area contributed by atoms with Gasteiger partial charge in [0.2, 0.25) is 10.5 Å². The first-order valence-electron chi connectivity index (χ1n) is 4.46. The van der Waals surface area contributed by atoms with E-state index in [0.717, 1.165) is 0 Å². The predicted molar refractivity (Wildman–Crippen MR) is 57.2 cm³/mol. The molecule has 0 N–H and O–H groups in total. The van der Waals surface area contributed by atoms with Gasteiger partial charge in [0.15, 0.2) is 0 Å². The van der Waals surface area contributed by atoms with Crippen molar-refractivity contribution in [1.29, 1.82) is 0 Å². The molecule has 0 bridgehead atoms. The van der Waals surface area contributed by atoms with E-state index in [0.29, 0.717) is 0 Å². The Labute approximate surface area is 82.6 Å². The molecule has 0 aliphatic carbocycles. The molecule has 0 aliphatic rings. The molecule has 1 nitrogen and oxygen atoms in total. The number of hydrogen-bond acceptors (Lipinski definition) is 1. The first-order valence-corrected chi connectivity index (χ1v) is 5.27. The van der Waals surface area contributed by atoms with Crippen LogP contribution in [0.15, 0.2) is 12.1 Å². The third kappa shape index (κ3) is 1.25. The van der Waals surface area contributed by atoms with Crippen molar-refractivity contribution in [2.75, 3.05) is 0 Å². The van der Waals surface area contributed by atoms with E-state index in [9.17, 15) is 0 Å². The van der Waals surface area contributed by atoms with E-state index in [-0.39, 0.29) is 0 Å². The minimum atomic E-state index is 1.35. The van der Waals surface area contributed by atoms with Crippen LogP contribution in [0.25, 0.3) is 10.2 Å². The van der Waals surface area contributed by atoms with Crippen LogP contribution in [0.2, 0.25) is 0 Å². The largest absolute Gasteiger partial charge is 0.234 e. The number of fused-ring (bicyclic) bond motifs is 1. The van der Waals surface area contributed by atoms with Gasteiger partial charge in [-0.15, -0.1) is 0 Å². The van der Waals surface area contributed by atoms with Crippen LogP contribution in [0.5, 0.6) is 0 Å². The molecule has 0 fully saturated rings. The highest BCUT2D eigenvalue weighted by Crippen LogP contribution is 2.22. The third-order valence-electron chi connectivity index (χ3n) is 2.67. The Balaban J connectivity index is 2.89. The lowest BCUT2D eigenvalue weighted by molar-refractivity contribution is -0.646. The first kappa shape index (κ1) is 8.70. The van der Waals surface area contributed by atoms with Gasteiger partial charge in [-0.2, -0.15) is 4.57 Å². The molecule has 2 aromatic rings. The van der Waals surface area contributed by atoms with Gasteiger partial charge in [-0.05, 0) is 31.0 Å². The lowest BCUT2D eigenvalue weighted by Crippen LogP contribution is -2.28. The van der Waals surface area contributed by atoms with Gasteiger partial charge < -0.3 is 0 Å². The summed E-state index contributed by atoms with van der Waals surface area (Å²) in [5.41, 5.74) is 4.11. The van der Waals surface area contributed by atoms with E-state index < -0.39 is 0 Å². The number of aromatic nitrogens is 1. The van der Waals surface area contributed by atoms with Crippen LogP contribution in [0.1, 0.15) is 16.1 Å². The Hall–Kier alpha value is -0.890. The van der Waals surface area contributed by atoms with Gasteiger partial charge in [-0.25, -0.2) is 0 Å². The predicted octanol–water partition coefficient (Wildman–Crippen LogP) is 2.65. The third-order valence-corrected chi connectivity index (χ3v) is 3.78. The zero-order valence-corrected chi connectivity index (χ0v) is 9.33. The Kier molecular flexibility index (Phi) is 1.88. The molecule has 0 saturated carbocycles. The quantitative estimate of drug-likeness (QED) is 0.565. The second kappa shape index (κ2) is 2.81. The van der Waals surface area contributed by atoms with E-state index in [1.165, 1.54) is 26.4 Å². The Morgan fingerprint density at radius 3 is 2.38 bits per heavy atom. The zero-order chi connectivity index (χ0) is 9.59. The maximum atomic E-state index is 2.28. The molecule has 0 amide bonds. The summed E-state index contributed by atoms with van der Waals surface area (Å²) < 4.78 is 3.65. The minimum absolute atomic E-state index is 1.35. The second-order valence-electron chi connectivity index (χ2n) is 3.58. The van der Waals surface area contributed by atoms with Gasteiger partial charge in [0, 0.05) is 13.0 Å². The van der Waals surface area contributed by atoms with Gasteiger partial charge in [-0.1, -0.05) is 11.3 Å². The molecule has 0 aliphatic heterocycles. The highest BCUT2D eigenvalue weighted by Gasteiger charge is 2.13. The van der Waals surface area contributed by atoms with Gasteiger partial charge in [0.05, 0.1) is 0 Å². The van der Waals surface area contributed by atoms with Crippen LogP contribution in [0.4, 0.5) is 0 Å². The number of benzene rings is 1. The molecule has 0 atom stereocenters. The average Bonchev–Trinajstić information content (AvgIpc) is 2.32. The van der Waals surface area contributed by atoms with Crippen LogP contribution >= 0.6 is 11.3 Å². The number of thiazole rings is 1. The molecule has 0 saturated heterocycles. The summed E-state index contributed by atoms with van der Waals surface area (Å²) in [6.07, 6.45) is 0. The summed E-state index contributed by atoms with van der Waals surface area (Å²) in [6.45, 7) is 6.50. The van der Waals surface area contributed by atoms with Crippen molar-refractivity contribution in [2.24, 2.45) is 7.05 Å². The molecule has 1 aromatic heterocycles. The van der Waals surface area contributed by atoms with Gasteiger partial charge in [0.25, 0.3) is 0 Å². The van der Waals surface area contributed by atoms with E-state index in [2.05, 4.69) is 44.5 Å². The minimum Gasteiger partial charge on any atom is -0.189 e. The van der Waals surface area contributed by atoms with Gasteiger partial charge >= 0.3 is 0 Å². The summed E-state index contributed by atoms with van der Waals surface area (Å²) in [4.78, 5) is 0. The lowest BCUT2D eigenvalue weighted by atomic mass is 10.1. The number of rotatable bonds is 0. The Bertz CT molecular complexity index is 468. The maximum Gasteiger partial charge on any atom is 0.234 e. The van der Waals surface area contributed by atoms with E-state index in [1.54, 1.807) is 0 Å². The van der Waals surface area contributed by atoms with E-state index >= 15 is 0 Å². The highest BCUT2D eigenvalue weighted by molar-refractivity contribution is 7.18.